The number of halogens is 2. The van der Waals surface area contributed by atoms with Crippen molar-refractivity contribution < 1.29 is 17.2 Å². The lowest BCUT2D eigenvalue weighted by molar-refractivity contribution is 0.602. The zero-order valence-electron chi connectivity index (χ0n) is 14.6. The van der Waals surface area contributed by atoms with Crippen LogP contribution in [-0.4, -0.2) is 14.2 Å². The number of hydrogen-bond acceptors (Lipinski definition) is 5. The molecule has 4 rings (SSSR count). The Morgan fingerprint density at radius 3 is 2.18 bits per heavy atom. The van der Waals surface area contributed by atoms with E-state index in [0.717, 1.165) is 0 Å². The predicted molar refractivity (Wildman–Crippen MR) is 100 cm³/mol. The fraction of sp³-hybridized carbons (Fsp3) is 0.150. The van der Waals surface area contributed by atoms with E-state index in [1.165, 1.54) is 53.4 Å². The number of benzene rings is 2. The van der Waals surface area contributed by atoms with Crippen LogP contribution in [0.25, 0.3) is 0 Å². The van der Waals surface area contributed by atoms with Gasteiger partial charge < -0.3 is 5.73 Å². The first-order chi connectivity index (χ1) is 13.3. The maximum atomic E-state index is 13.4. The summed E-state index contributed by atoms with van der Waals surface area (Å²) < 4.78 is 52.4. The molecule has 0 unspecified atom stereocenters. The van der Waals surface area contributed by atoms with E-state index >= 15 is 0 Å². The highest BCUT2D eigenvalue weighted by Gasteiger charge is 2.45. The van der Waals surface area contributed by atoms with Crippen molar-refractivity contribution in [2.75, 3.05) is 10.7 Å². The van der Waals surface area contributed by atoms with Gasteiger partial charge in [-0.05, 0) is 42.0 Å². The van der Waals surface area contributed by atoms with Crippen LogP contribution in [0.15, 0.2) is 70.5 Å². The summed E-state index contributed by atoms with van der Waals surface area (Å²) in [7, 11) is -3.64. The van der Waals surface area contributed by atoms with Gasteiger partial charge in [0.15, 0.2) is 9.84 Å². The molecule has 0 bridgehead atoms. The Balaban J connectivity index is 1.98. The van der Waals surface area contributed by atoms with E-state index in [4.69, 9.17) is 5.73 Å². The highest BCUT2D eigenvalue weighted by atomic mass is 32.2. The van der Waals surface area contributed by atoms with Gasteiger partial charge in [-0.15, -0.1) is 0 Å². The topological polar surface area (TPSA) is 87.2 Å². The molecule has 0 radical (unpaired) electrons. The van der Waals surface area contributed by atoms with E-state index in [-0.39, 0.29) is 28.5 Å². The van der Waals surface area contributed by atoms with Crippen molar-refractivity contribution in [1.29, 1.82) is 5.26 Å². The van der Waals surface area contributed by atoms with Crippen molar-refractivity contribution in [2.24, 2.45) is 5.73 Å². The predicted octanol–water partition coefficient (Wildman–Crippen LogP) is 3.29. The third kappa shape index (κ3) is 2.75. The van der Waals surface area contributed by atoms with Gasteiger partial charge in [0, 0.05) is 17.8 Å². The first-order valence-corrected chi connectivity index (χ1v) is 10.2. The van der Waals surface area contributed by atoms with Gasteiger partial charge in [-0.2, -0.15) is 5.26 Å². The van der Waals surface area contributed by atoms with E-state index in [0.29, 0.717) is 16.9 Å². The lowest BCUT2D eigenvalue weighted by atomic mass is 9.87. The quantitative estimate of drug-likeness (QED) is 0.837. The Labute approximate surface area is 160 Å². The maximum Gasteiger partial charge on any atom is 0.177 e. The Hall–Kier alpha value is -3.18. The number of nitrogens with zero attached hydrogens (tertiary/aromatic N) is 2. The van der Waals surface area contributed by atoms with Gasteiger partial charge in [-0.3, -0.25) is 4.90 Å². The van der Waals surface area contributed by atoms with Crippen LogP contribution in [0, 0.1) is 23.0 Å². The zero-order chi connectivity index (χ0) is 20.1. The molecule has 5 nitrogen and oxygen atoms in total. The Bertz CT molecular complexity index is 1160. The molecule has 2 aliphatic heterocycles. The molecular weight excluding hydrogens is 384 g/mol. The number of rotatable bonds is 2. The van der Waals surface area contributed by atoms with Gasteiger partial charge >= 0.3 is 0 Å². The molecule has 142 valence electrons. The molecular formula is C20H15F2N3O2S. The molecule has 0 aliphatic carbocycles. The molecule has 0 saturated heterocycles. The number of nitrogens with two attached hydrogens (primary N) is 1. The van der Waals surface area contributed by atoms with Crippen molar-refractivity contribution in [3.05, 3.63) is 87.7 Å². The van der Waals surface area contributed by atoms with Gasteiger partial charge in [0.25, 0.3) is 0 Å². The maximum absolute atomic E-state index is 13.4. The molecule has 28 heavy (non-hydrogen) atoms. The molecule has 0 spiro atoms. The summed E-state index contributed by atoms with van der Waals surface area (Å²) in [6, 6.07) is 12.8. The lowest BCUT2D eigenvalue weighted by Crippen LogP contribution is -2.34. The van der Waals surface area contributed by atoms with Crippen molar-refractivity contribution in [2.45, 2.75) is 12.3 Å². The van der Waals surface area contributed by atoms with E-state index in [1.807, 2.05) is 6.07 Å². The van der Waals surface area contributed by atoms with Crippen LogP contribution in [0.1, 0.15) is 17.9 Å². The fourth-order valence-corrected chi connectivity index (χ4v) is 5.58. The third-order valence-electron chi connectivity index (χ3n) is 4.97. The minimum Gasteiger partial charge on any atom is -0.384 e. The van der Waals surface area contributed by atoms with Crippen LogP contribution in [0.2, 0.25) is 0 Å². The van der Waals surface area contributed by atoms with E-state index in [9.17, 15) is 22.5 Å². The van der Waals surface area contributed by atoms with Gasteiger partial charge in [0.1, 0.15) is 17.5 Å². The Morgan fingerprint density at radius 2 is 1.61 bits per heavy atom. The second-order valence-electron chi connectivity index (χ2n) is 6.59. The third-order valence-corrected chi connectivity index (χ3v) is 6.86. The highest BCUT2D eigenvalue weighted by Crippen LogP contribution is 2.48. The molecule has 2 N–H and O–H groups in total. The van der Waals surface area contributed by atoms with Crippen LogP contribution < -0.4 is 10.6 Å². The van der Waals surface area contributed by atoms with Crippen LogP contribution in [0.3, 0.4) is 0 Å². The number of hydrogen-bond donors (Lipinski definition) is 1. The van der Waals surface area contributed by atoms with E-state index in [2.05, 4.69) is 0 Å². The minimum absolute atomic E-state index is 0.0557. The SMILES string of the molecule is N#CC1=C(N)N(c2ccc(F)cc2)C2=C([C@@H]1c1ccc(F)cc1)S(=O)(=O)CC2. The average molecular weight is 399 g/mol. The summed E-state index contributed by atoms with van der Waals surface area (Å²) in [5, 5.41) is 9.78. The Morgan fingerprint density at radius 1 is 1.04 bits per heavy atom. The second-order valence-corrected chi connectivity index (χ2v) is 8.66. The van der Waals surface area contributed by atoms with E-state index in [1.54, 1.807) is 0 Å². The first kappa shape index (κ1) is 18.2. The molecule has 2 aliphatic rings. The largest absolute Gasteiger partial charge is 0.384 e. The lowest BCUT2D eigenvalue weighted by Gasteiger charge is -2.35. The van der Waals surface area contributed by atoms with Crippen LogP contribution >= 0.6 is 0 Å². The molecule has 0 fully saturated rings. The summed E-state index contributed by atoms with van der Waals surface area (Å²) in [6.45, 7) is 0. The second kappa shape index (κ2) is 6.46. The average Bonchev–Trinajstić information content (AvgIpc) is 2.98. The number of allylic oxidation sites excluding steroid dienone is 3. The van der Waals surface area contributed by atoms with Crippen molar-refractivity contribution in [3.63, 3.8) is 0 Å². The minimum atomic E-state index is -3.64. The summed E-state index contributed by atoms with van der Waals surface area (Å²) in [4.78, 5) is 1.59. The number of sulfone groups is 1. The molecule has 1 atom stereocenters. The van der Waals surface area contributed by atoms with Crippen LogP contribution in [-0.2, 0) is 9.84 Å². The molecule has 2 aromatic rings. The summed E-state index contributed by atoms with van der Waals surface area (Å²) in [5.41, 5.74) is 7.74. The Kier molecular flexibility index (Phi) is 4.20. The van der Waals surface area contributed by atoms with Crippen LogP contribution in [0.5, 0.6) is 0 Å². The van der Waals surface area contributed by atoms with Crippen molar-refractivity contribution in [1.82, 2.24) is 0 Å². The molecule has 0 amide bonds. The zero-order valence-corrected chi connectivity index (χ0v) is 15.4. The van der Waals surface area contributed by atoms with Gasteiger partial charge in [-0.1, -0.05) is 12.1 Å². The molecule has 2 heterocycles. The van der Waals surface area contributed by atoms with Gasteiger partial charge in [-0.25, -0.2) is 17.2 Å². The van der Waals surface area contributed by atoms with Crippen LogP contribution in [0.4, 0.5) is 14.5 Å². The van der Waals surface area contributed by atoms with Gasteiger partial charge in [0.05, 0.1) is 28.2 Å². The fourth-order valence-electron chi connectivity index (χ4n) is 3.74. The summed E-state index contributed by atoms with van der Waals surface area (Å²) >= 11 is 0. The van der Waals surface area contributed by atoms with Crippen molar-refractivity contribution >= 4 is 15.5 Å². The summed E-state index contributed by atoms with van der Waals surface area (Å²) in [5.74, 6) is -1.84. The van der Waals surface area contributed by atoms with Crippen molar-refractivity contribution in [3.8, 4) is 6.07 Å². The van der Waals surface area contributed by atoms with Gasteiger partial charge in [0.2, 0.25) is 0 Å². The molecule has 0 saturated carbocycles. The number of anilines is 1. The molecule has 8 heteroatoms. The smallest absolute Gasteiger partial charge is 0.177 e. The monoisotopic (exact) mass is 399 g/mol. The first-order valence-electron chi connectivity index (χ1n) is 8.50. The molecule has 0 aromatic heterocycles. The molecule has 2 aromatic carbocycles. The van der Waals surface area contributed by atoms with E-state index < -0.39 is 27.4 Å². The normalized spacial score (nSPS) is 20.9. The summed E-state index contributed by atoms with van der Waals surface area (Å²) in [6.07, 6.45) is 0.214. The highest BCUT2D eigenvalue weighted by molar-refractivity contribution is 7.95. The number of nitriles is 1. The standard InChI is InChI=1S/C20H15F2N3O2S/c21-13-3-1-12(2-4-13)18-16(11-23)20(24)25(15-7-5-14(22)6-8-15)17-9-10-28(26,27)19(17)18/h1-8,18H,9-10,24H2/t18-/m1/s1.